The maximum absolute atomic E-state index is 12.8. The predicted molar refractivity (Wildman–Crippen MR) is 93.6 cm³/mol. The van der Waals surface area contributed by atoms with Crippen molar-refractivity contribution in [1.29, 1.82) is 0 Å². The lowest BCUT2D eigenvalue weighted by Crippen LogP contribution is -2.74. The lowest BCUT2D eigenvalue weighted by Gasteiger charge is -2.60. The number of aliphatic hydroxyl groups is 1. The lowest BCUT2D eigenvalue weighted by molar-refractivity contribution is -0.172. The topological polar surface area (TPSA) is 63.5 Å². The van der Waals surface area contributed by atoms with Crippen LogP contribution in [0.1, 0.15) is 57.6 Å². The van der Waals surface area contributed by atoms with Gasteiger partial charge in [-0.1, -0.05) is 13.8 Å². The van der Waals surface area contributed by atoms with Gasteiger partial charge < -0.3 is 19.7 Å². The number of ether oxygens (including phenoxy) is 1. The summed E-state index contributed by atoms with van der Waals surface area (Å²) < 4.78 is 8.53. The Morgan fingerprint density at radius 1 is 1.57 bits per heavy atom. The van der Waals surface area contributed by atoms with Crippen LogP contribution in [0.5, 0.6) is 0 Å². The molecule has 5 nitrogen and oxygen atoms in total. The highest BCUT2D eigenvalue weighted by molar-refractivity contribution is 9.10. The third-order valence-corrected chi connectivity index (χ3v) is 5.60. The summed E-state index contributed by atoms with van der Waals surface area (Å²) in [7, 11) is 0. The molecule has 1 aromatic heterocycles. The van der Waals surface area contributed by atoms with E-state index in [1.54, 1.807) is 0 Å². The van der Waals surface area contributed by atoms with Crippen LogP contribution in [-0.4, -0.2) is 40.4 Å². The third kappa shape index (κ3) is 3.08. The van der Waals surface area contributed by atoms with E-state index in [-0.39, 0.29) is 30.1 Å². The highest BCUT2D eigenvalue weighted by Crippen LogP contribution is 2.51. The van der Waals surface area contributed by atoms with Crippen molar-refractivity contribution in [2.75, 3.05) is 13.2 Å². The monoisotopic (exact) mass is 386 g/mol. The zero-order valence-corrected chi connectivity index (χ0v) is 16.1. The Kier molecular flexibility index (Phi) is 5.28. The quantitative estimate of drug-likeness (QED) is 0.789. The van der Waals surface area contributed by atoms with E-state index >= 15 is 0 Å². The molecule has 6 heteroatoms. The molecule has 0 unspecified atom stereocenters. The molecule has 0 spiro atoms. The minimum atomic E-state index is -0.650. The van der Waals surface area contributed by atoms with E-state index in [0.29, 0.717) is 18.7 Å². The fourth-order valence-corrected chi connectivity index (χ4v) is 3.77. The number of hydrogen-bond acceptors (Lipinski definition) is 3. The molecule has 1 aliphatic rings. The van der Waals surface area contributed by atoms with Gasteiger partial charge in [0, 0.05) is 35.2 Å². The molecule has 23 heavy (non-hydrogen) atoms. The van der Waals surface area contributed by atoms with E-state index in [1.165, 1.54) is 0 Å². The third-order valence-electron chi connectivity index (χ3n) is 5.17. The molecule has 0 radical (unpaired) electrons. The zero-order valence-electron chi connectivity index (χ0n) is 14.5. The molecule has 2 N–H and O–H groups in total. The van der Waals surface area contributed by atoms with Gasteiger partial charge in [0.1, 0.15) is 5.69 Å². The maximum Gasteiger partial charge on any atom is 0.268 e. The minimum absolute atomic E-state index is 0.0450. The van der Waals surface area contributed by atoms with Gasteiger partial charge in [-0.3, -0.25) is 4.79 Å². The summed E-state index contributed by atoms with van der Waals surface area (Å²) in [6.07, 6.45) is 2.57. The Bertz CT molecular complexity index is 582. The average Bonchev–Trinajstić information content (AvgIpc) is 2.88. The van der Waals surface area contributed by atoms with Gasteiger partial charge in [0.05, 0.1) is 18.2 Å². The minimum Gasteiger partial charge on any atom is -0.394 e. The molecule has 1 amide bonds. The summed E-state index contributed by atoms with van der Waals surface area (Å²) in [4.78, 5) is 12.8. The molecule has 0 aliphatic heterocycles. The average molecular weight is 387 g/mol. The van der Waals surface area contributed by atoms with Crippen LogP contribution in [0.4, 0.5) is 0 Å². The van der Waals surface area contributed by atoms with Crippen molar-refractivity contribution in [3.05, 3.63) is 22.4 Å². The van der Waals surface area contributed by atoms with Crippen LogP contribution in [0.3, 0.4) is 0 Å². The normalized spacial score (nSPS) is 26.2. The van der Waals surface area contributed by atoms with E-state index < -0.39 is 5.54 Å². The molecule has 2 atom stereocenters. The molecule has 1 saturated carbocycles. The maximum atomic E-state index is 12.8. The van der Waals surface area contributed by atoms with Crippen LogP contribution in [0.15, 0.2) is 16.7 Å². The van der Waals surface area contributed by atoms with Gasteiger partial charge in [-0.05, 0) is 42.8 Å². The van der Waals surface area contributed by atoms with Crippen LogP contribution in [0, 0.1) is 5.41 Å². The number of nitrogens with zero attached hydrogens (tertiary/aromatic N) is 1. The molecule has 130 valence electrons. The fourth-order valence-electron chi connectivity index (χ4n) is 3.34. The zero-order chi connectivity index (χ0) is 17.4. The first-order chi connectivity index (χ1) is 10.7. The summed E-state index contributed by atoms with van der Waals surface area (Å²) in [5, 5.41) is 13.0. The second kappa shape index (κ2) is 6.57. The van der Waals surface area contributed by atoms with Crippen molar-refractivity contribution in [3.8, 4) is 0 Å². The number of aromatic nitrogens is 1. The first-order valence-corrected chi connectivity index (χ1v) is 8.90. The van der Waals surface area contributed by atoms with Crippen molar-refractivity contribution >= 4 is 21.8 Å². The van der Waals surface area contributed by atoms with Gasteiger partial charge >= 0.3 is 0 Å². The first-order valence-electron chi connectivity index (χ1n) is 8.11. The molecule has 0 bridgehead atoms. The Balaban J connectivity index is 2.22. The van der Waals surface area contributed by atoms with Gasteiger partial charge in [-0.15, -0.1) is 0 Å². The smallest absolute Gasteiger partial charge is 0.268 e. The van der Waals surface area contributed by atoms with Crippen molar-refractivity contribution in [2.24, 2.45) is 5.41 Å². The Morgan fingerprint density at radius 3 is 2.70 bits per heavy atom. The SMILES string of the molecule is CCO[C@@H]1C[C@](CO)(NC(=O)c2cc(Br)cn2C(C)C)C1(C)C. The van der Waals surface area contributed by atoms with E-state index in [4.69, 9.17) is 4.74 Å². The van der Waals surface area contributed by atoms with Gasteiger partial charge in [0.25, 0.3) is 5.91 Å². The molecule has 1 heterocycles. The molecule has 1 fully saturated rings. The van der Waals surface area contributed by atoms with Crippen molar-refractivity contribution in [1.82, 2.24) is 9.88 Å². The summed E-state index contributed by atoms with van der Waals surface area (Å²) in [6, 6.07) is 1.99. The second-order valence-electron chi connectivity index (χ2n) is 7.11. The number of carbonyl (C=O) groups is 1. The van der Waals surface area contributed by atoms with E-state index in [2.05, 4.69) is 21.2 Å². The van der Waals surface area contributed by atoms with Crippen molar-refractivity contribution < 1.29 is 14.6 Å². The number of halogens is 1. The first kappa shape index (κ1) is 18.5. The Hall–Kier alpha value is -0.850. The summed E-state index contributed by atoms with van der Waals surface area (Å²) in [5.74, 6) is -0.165. The van der Waals surface area contributed by atoms with Gasteiger partial charge in [-0.25, -0.2) is 0 Å². The van der Waals surface area contributed by atoms with E-state index in [0.717, 1.165) is 4.47 Å². The second-order valence-corrected chi connectivity index (χ2v) is 8.02. The highest BCUT2D eigenvalue weighted by Gasteiger charge is 2.61. The van der Waals surface area contributed by atoms with Crippen LogP contribution in [0.2, 0.25) is 0 Å². The van der Waals surface area contributed by atoms with Crippen molar-refractivity contribution in [3.63, 3.8) is 0 Å². The summed E-state index contributed by atoms with van der Waals surface area (Å²) in [5.41, 5.74) is -0.377. The summed E-state index contributed by atoms with van der Waals surface area (Å²) >= 11 is 3.43. The van der Waals surface area contributed by atoms with Gasteiger partial charge in [0.15, 0.2) is 0 Å². The number of hydrogen-bond donors (Lipinski definition) is 2. The molecular weight excluding hydrogens is 360 g/mol. The molecular formula is C17H27BrN2O3. The standard InChI is InChI=1S/C17H27BrN2O3/c1-6-23-14-8-17(10-21,16(14,4)5)19-15(22)13-7-12(18)9-20(13)11(2)3/h7,9,11,14,21H,6,8,10H2,1-5H3,(H,19,22)/t14-,17-/m1/s1. The Labute approximate surface area is 146 Å². The van der Waals surface area contributed by atoms with Gasteiger partial charge in [0.2, 0.25) is 0 Å². The predicted octanol–water partition coefficient (Wildman–Crippen LogP) is 3.13. The summed E-state index contributed by atoms with van der Waals surface area (Å²) in [6.45, 7) is 10.6. The van der Waals surface area contributed by atoms with Gasteiger partial charge in [-0.2, -0.15) is 0 Å². The fraction of sp³-hybridized carbons (Fsp3) is 0.706. The number of nitrogens with one attached hydrogen (secondary N) is 1. The van der Waals surface area contributed by atoms with E-state index in [1.807, 2.05) is 51.4 Å². The van der Waals surface area contributed by atoms with Crippen molar-refractivity contribution in [2.45, 2.75) is 58.7 Å². The number of amides is 1. The highest BCUT2D eigenvalue weighted by atomic mass is 79.9. The lowest BCUT2D eigenvalue weighted by atomic mass is 9.54. The molecule has 1 aliphatic carbocycles. The van der Waals surface area contributed by atoms with Crippen LogP contribution >= 0.6 is 15.9 Å². The number of aliphatic hydroxyl groups excluding tert-OH is 1. The number of rotatable bonds is 6. The van der Waals surface area contributed by atoms with Crippen LogP contribution in [-0.2, 0) is 4.74 Å². The Morgan fingerprint density at radius 2 is 2.22 bits per heavy atom. The molecule has 2 rings (SSSR count). The van der Waals surface area contributed by atoms with Crippen LogP contribution in [0.25, 0.3) is 0 Å². The molecule has 0 aromatic carbocycles. The van der Waals surface area contributed by atoms with E-state index in [9.17, 15) is 9.90 Å². The number of carbonyl (C=O) groups excluding carboxylic acids is 1. The van der Waals surface area contributed by atoms with Crippen LogP contribution < -0.4 is 5.32 Å². The molecule has 1 aromatic rings. The molecule has 0 saturated heterocycles. The largest absolute Gasteiger partial charge is 0.394 e.